The van der Waals surface area contributed by atoms with Gasteiger partial charge in [-0.1, -0.05) is 31.2 Å². The number of hydrogen-bond acceptors (Lipinski definition) is 3. The summed E-state index contributed by atoms with van der Waals surface area (Å²) < 4.78 is 34.3. The molecule has 0 aliphatic rings. The van der Waals surface area contributed by atoms with Crippen molar-refractivity contribution in [1.29, 1.82) is 0 Å². The number of hydrogen-bond donors (Lipinski definition) is 0. The lowest BCUT2D eigenvalue weighted by Gasteiger charge is -2.16. The summed E-state index contributed by atoms with van der Waals surface area (Å²) in [6.07, 6.45) is 9.17. The van der Waals surface area contributed by atoms with Crippen molar-refractivity contribution >= 4 is 0 Å². The van der Waals surface area contributed by atoms with Crippen LogP contribution in [0.2, 0.25) is 0 Å². The van der Waals surface area contributed by atoms with E-state index in [0.717, 1.165) is 17.5 Å². The zero-order valence-corrected chi connectivity index (χ0v) is 16.2. The van der Waals surface area contributed by atoms with Crippen molar-refractivity contribution in [3.63, 3.8) is 0 Å². The maximum absolute atomic E-state index is 14.2. The molecule has 0 N–H and O–H groups in total. The summed E-state index contributed by atoms with van der Waals surface area (Å²) in [6.45, 7) is 2.09. The Morgan fingerprint density at radius 1 is 1.03 bits per heavy atom. The second-order valence-corrected chi connectivity index (χ2v) is 6.61. The maximum Gasteiger partial charge on any atom is 0.289 e. The average molecular weight is 392 g/mol. The molecule has 0 atom stereocenters. The van der Waals surface area contributed by atoms with Gasteiger partial charge in [0.1, 0.15) is 11.4 Å². The first kappa shape index (κ1) is 20.5. The lowest BCUT2D eigenvalue weighted by molar-refractivity contribution is -0.0192. The first-order valence-electron chi connectivity index (χ1n) is 9.54. The topological polar surface area (TPSA) is 35.0 Å². The van der Waals surface area contributed by atoms with E-state index >= 15 is 0 Å². The van der Waals surface area contributed by atoms with Gasteiger partial charge in [-0.25, -0.2) is 4.98 Å². The van der Waals surface area contributed by atoms with Crippen LogP contribution in [0.15, 0.2) is 60.9 Å². The predicted molar refractivity (Wildman–Crippen MR) is 110 cm³/mol. The lowest BCUT2D eigenvalue weighted by Crippen LogP contribution is -2.15. The van der Waals surface area contributed by atoms with Gasteiger partial charge in [0.2, 0.25) is 5.88 Å². The largest absolute Gasteiger partial charge is 0.437 e. The van der Waals surface area contributed by atoms with Crippen LogP contribution in [0, 0.1) is 12.3 Å². The van der Waals surface area contributed by atoms with E-state index in [-0.39, 0.29) is 18.5 Å². The van der Waals surface area contributed by atoms with Gasteiger partial charge in [0.15, 0.2) is 0 Å². The van der Waals surface area contributed by atoms with E-state index in [9.17, 15) is 8.78 Å². The minimum absolute atomic E-state index is 0.248. The van der Waals surface area contributed by atoms with Crippen LogP contribution in [0.1, 0.15) is 37.4 Å². The summed E-state index contributed by atoms with van der Waals surface area (Å²) in [5.74, 6) is 0.107. The fraction of sp³-hybridized carbons (Fsp3) is 0.250. The summed E-state index contributed by atoms with van der Waals surface area (Å²) in [5, 5.41) is 0. The molecule has 0 saturated heterocycles. The first-order valence-corrected chi connectivity index (χ1v) is 9.54. The molecule has 3 rings (SSSR count). The van der Waals surface area contributed by atoms with Crippen molar-refractivity contribution in [3.05, 3.63) is 72.2 Å². The molecule has 0 aliphatic carbocycles. The van der Waals surface area contributed by atoms with Crippen LogP contribution in [0.25, 0.3) is 11.1 Å². The Morgan fingerprint density at radius 3 is 2.55 bits per heavy atom. The summed E-state index contributed by atoms with van der Waals surface area (Å²) >= 11 is 0. The highest BCUT2D eigenvalue weighted by Crippen LogP contribution is 2.35. The Morgan fingerprint density at radius 2 is 1.83 bits per heavy atom. The summed E-state index contributed by atoms with van der Waals surface area (Å²) in [6, 6.07) is 14.6. The molecule has 0 amide bonds. The van der Waals surface area contributed by atoms with E-state index in [1.165, 1.54) is 23.9 Å². The highest BCUT2D eigenvalue weighted by Gasteiger charge is 2.32. The lowest BCUT2D eigenvalue weighted by atomic mass is 9.99. The van der Waals surface area contributed by atoms with E-state index in [0.29, 0.717) is 18.1 Å². The van der Waals surface area contributed by atoms with Crippen LogP contribution in [-0.2, 0) is 12.3 Å². The van der Waals surface area contributed by atoms with Gasteiger partial charge < -0.3 is 4.74 Å². The van der Waals surface area contributed by atoms with Crippen LogP contribution in [0.5, 0.6) is 11.6 Å². The summed E-state index contributed by atoms with van der Waals surface area (Å²) in [7, 11) is 0. The number of halogens is 2. The third-order valence-corrected chi connectivity index (χ3v) is 4.60. The quantitative estimate of drug-likeness (QED) is 0.329. The average Bonchev–Trinajstić information content (AvgIpc) is 2.75. The van der Waals surface area contributed by atoms with E-state index in [2.05, 4.69) is 28.9 Å². The molecule has 5 heteroatoms. The molecule has 0 radical (unpaired) electrons. The molecule has 3 nitrogen and oxygen atoms in total. The number of unbranched alkanes of at least 4 members (excludes halogenated alkanes) is 1. The molecule has 2 heterocycles. The number of rotatable bonds is 8. The predicted octanol–water partition coefficient (Wildman–Crippen LogP) is 6.39. The van der Waals surface area contributed by atoms with Crippen LogP contribution in [-0.4, -0.2) is 9.97 Å². The fourth-order valence-electron chi connectivity index (χ4n) is 3.08. The molecule has 29 heavy (non-hydrogen) atoms. The Hall–Kier alpha value is -3.26. The second kappa shape index (κ2) is 9.29. The Kier molecular flexibility index (Phi) is 6.56. The Bertz CT molecular complexity index is 994. The Labute approximate surface area is 169 Å². The fourth-order valence-corrected chi connectivity index (χ4v) is 3.08. The smallest absolute Gasteiger partial charge is 0.289 e. The number of pyridine rings is 2. The third-order valence-electron chi connectivity index (χ3n) is 4.60. The number of aryl methyl sites for hydroxylation is 1. The van der Waals surface area contributed by atoms with Crippen LogP contribution in [0.3, 0.4) is 0 Å². The van der Waals surface area contributed by atoms with E-state index in [4.69, 9.17) is 11.2 Å². The number of alkyl halides is 2. The first-order chi connectivity index (χ1) is 14.0. The second-order valence-electron chi connectivity index (χ2n) is 6.61. The van der Waals surface area contributed by atoms with Gasteiger partial charge >= 0.3 is 0 Å². The minimum Gasteiger partial charge on any atom is -0.437 e. The summed E-state index contributed by atoms with van der Waals surface area (Å²) in [5.41, 5.74) is 2.75. The molecule has 1 aromatic carbocycles. The monoisotopic (exact) mass is 392 g/mol. The van der Waals surface area contributed by atoms with Crippen LogP contribution < -0.4 is 4.74 Å². The molecular formula is C24H22F2N2O. The number of benzene rings is 1. The van der Waals surface area contributed by atoms with Gasteiger partial charge in [-0.05, 0) is 48.2 Å². The van der Waals surface area contributed by atoms with Crippen molar-refractivity contribution in [3.8, 4) is 35.1 Å². The molecule has 0 unspecified atom stereocenters. The van der Waals surface area contributed by atoms with Gasteiger partial charge in [0.25, 0.3) is 5.92 Å². The van der Waals surface area contributed by atoms with Gasteiger partial charge in [-0.3, -0.25) is 4.98 Å². The number of nitrogens with zero attached hydrogens (tertiary/aromatic N) is 2. The molecule has 0 fully saturated rings. The highest BCUT2D eigenvalue weighted by molar-refractivity contribution is 5.72. The zero-order chi connectivity index (χ0) is 20.7. The van der Waals surface area contributed by atoms with Gasteiger partial charge in [0.05, 0.1) is 6.20 Å². The molecule has 0 bridgehead atoms. The van der Waals surface area contributed by atoms with Gasteiger partial charge in [0, 0.05) is 24.6 Å². The van der Waals surface area contributed by atoms with Crippen molar-refractivity contribution in [2.75, 3.05) is 0 Å². The van der Waals surface area contributed by atoms with Crippen molar-refractivity contribution in [1.82, 2.24) is 9.97 Å². The van der Waals surface area contributed by atoms with Crippen LogP contribution in [0.4, 0.5) is 8.78 Å². The molecule has 148 valence electrons. The Balaban J connectivity index is 1.82. The van der Waals surface area contributed by atoms with E-state index in [1.54, 1.807) is 6.20 Å². The van der Waals surface area contributed by atoms with Gasteiger partial charge in [-0.2, -0.15) is 8.78 Å². The molecule has 0 spiro atoms. The third kappa shape index (κ3) is 4.97. The molecule has 0 saturated carbocycles. The van der Waals surface area contributed by atoms with Crippen LogP contribution >= 0.6 is 0 Å². The molecular weight excluding hydrogens is 370 g/mol. The van der Waals surface area contributed by atoms with Gasteiger partial charge in [-0.15, -0.1) is 12.3 Å². The van der Waals surface area contributed by atoms with E-state index in [1.807, 2.05) is 30.3 Å². The molecule has 3 aromatic rings. The SMILES string of the molecule is C#CCCCC(F)(F)c1ccc(Oc2ncccc2-c2ccccc2CC)cn1. The summed E-state index contributed by atoms with van der Waals surface area (Å²) in [4.78, 5) is 8.24. The molecule has 2 aromatic heterocycles. The minimum atomic E-state index is -3.02. The highest BCUT2D eigenvalue weighted by atomic mass is 19.3. The van der Waals surface area contributed by atoms with E-state index < -0.39 is 5.92 Å². The number of ether oxygens (including phenoxy) is 1. The maximum atomic E-state index is 14.2. The number of terminal acetylenes is 1. The number of aromatic nitrogens is 2. The normalized spacial score (nSPS) is 11.1. The van der Waals surface area contributed by atoms with Crippen molar-refractivity contribution in [2.24, 2.45) is 0 Å². The van der Waals surface area contributed by atoms with Crippen molar-refractivity contribution in [2.45, 2.75) is 38.5 Å². The standard InChI is InChI=1S/C24H22F2N2O/c1-3-5-8-15-24(25,26)22-14-13-19(17-28-22)29-23-21(12-9-16-27-23)20-11-7-6-10-18(20)4-2/h1,6-7,9-14,16-17H,4-5,8,15H2,2H3. The molecule has 0 aliphatic heterocycles. The zero-order valence-electron chi connectivity index (χ0n) is 16.2. The van der Waals surface area contributed by atoms with Crippen molar-refractivity contribution < 1.29 is 13.5 Å².